The van der Waals surface area contributed by atoms with E-state index in [2.05, 4.69) is 4.84 Å². The van der Waals surface area contributed by atoms with Gasteiger partial charge in [-0.1, -0.05) is 17.2 Å². The molecule has 5 nitrogen and oxygen atoms in total. The minimum Gasteiger partial charge on any atom is -0.491 e. The van der Waals surface area contributed by atoms with Crippen molar-refractivity contribution in [1.29, 1.82) is 0 Å². The summed E-state index contributed by atoms with van der Waals surface area (Å²) in [7, 11) is 0. The average Bonchev–Trinajstić information content (AvgIpc) is 2.22. The van der Waals surface area contributed by atoms with Gasteiger partial charge in [-0.2, -0.15) is 0 Å². The third-order valence-corrected chi connectivity index (χ3v) is 1.93. The second kappa shape index (κ2) is 6.26. The maximum absolute atomic E-state index is 12.7. The molecule has 0 unspecified atom stereocenters. The van der Waals surface area contributed by atoms with Crippen molar-refractivity contribution in [1.82, 2.24) is 5.59 Å². The standard InChI is InChI=1S/C9H10ClFN2O3/c10-7-5-6(11)1-2-8(7)15-4-3-9(14)16-13-12/h1-2,5,13H,3-4,12H2. The van der Waals surface area contributed by atoms with Crippen molar-refractivity contribution in [3.8, 4) is 5.75 Å². The fourth-order valence-corrected chi connectivity index (χ4v) is 1.18. The molecule has 16 heavy (non-hydrogen) atoms. The van der Waals surface area contributed by atoms with Gasteiger partial charge in [0.05, 0.1) is 18.1 Å². The number of carbonyl (C=O) groups is 1. The SMILES string of the molecule is NNOC(=O)CCOc1ccc(F)cc1Cl. The highest BCUT2D eigenvalue weighted by atomic mass is 35.5. The first-order chi connectivity index (χ1) is 7.63. The van der Waals surface area contributed by atoms with E-state index in [1.807, 2.05) is 0 Å². The Bertz CT molecular complexity index is 376. The Balaban J connectivity index is 2.40. The highest BCUT2D eigenvalue weighted by Crippen LogP contribution is 2.24. The second-order valence-electron chi connectivity index (χ2n) is 2.77. The van der Waals surface area contributed by atoms with E-state index in [9.17, 15) is 9.18 Å². The molecule has 0 heterocycles. The minimum absolute atomic E-state index is 0.00208. The summed E-state index contributed by atoms with van der Waals surface area (Å²) in [6, 6.07) is 3.71. The molecule has 0 spiro atoms. The summed E-state index contributed by atoms with van der Waals surface area (Å²) in [6.45, 7) is 0.0614. The van der Waals surface area contributed by atoms with E-state index in [1.165, 1.54) is 12.1 Å². The van der Waals surface area contributed by atoms with Crippen LogP contribution in [0.3, 0.4) is 0 Å². The van der Waals surface area contributed by atoms with E-state index in [0.29, 0.717) is 5.75 Å². The van der Waals surface area contributed by atoms with Crippen molar-refractivity contribution in [3.63, 3.8) is 0 Å². The molecule has 7 heteroatoms. The Morgan fingerprint density at radius 1 is 1.56 bits per heavy atom. The summed E-state index contributed by atoms with van der Waals surface area (Å²) in [4.78, 5) is 15.1. The summed E-state index contributed by atoms with van der Waals surface area (Å²) in [5.41, 5.74) is 1.75. The predicted molar refractivity (Wildman–Crippen MR) is 54.9 cm³/mol. The van der Waals surface area contributed by atoms with E-state index in [1.54, 1.807) is 5.59 Å². The molecule has 0 aliphatic rings. The van der Waals surface area contributed by atoms with E-state index in [-0.39, 0.29) is 18.1 Å². The lowest BCUT2D eigenvalue weighted by Gasteiger charge is -2.07. The largest absolute Gasteiger partial charge is 0.491 e. The molecule has 0 bridgehead atoms. The lowest BCUT2D eigenvalue weighted by Crippen LogP contribution is -2.26. The number of hydrogen-bond acceptors (Lipinski definition) is 5. The minimum atomic E-state index is -0.569. The first-order valence-corrected chi connectivity index (χ1v) is 4.74. The van der Waals surface area contributed by atoms with Crippen molar-refractivity contribution in [2.45, 2.75) is 6.42 Å². The molecule has 0 atom stereocenters. The number of hydrazine groups is 1. The normalized spacial score (nSPS) is 9.94. The van der Waals surface area contributed by atoms with E-state index >= 15 is 0 Å². The van der Waals surface area contributed by atoms with Gasteiger partial charge in [-0.05, 0) is 18.2 Å². The summed E-state index contributed by atoms with van der Waals surface area (Å²) in [5.74, 6) is 4.04. The van der Waals surface area contributed by atoms with Crippen molar-refractivity contribution in [3.05, 3.63) is 29.0 Å². The Morgan fingerprint density at radius 3 is 2.94 bits per heavy atom. The molecule has 1 aromatic rings. The average molecular weight is 249 g/mol. The number of nitrogens with one attached hydrogen (secondary N) is 1. The van der Waals surface area contributed by atoms with Crippen LogP contribution < -0.4 is 16.2 Å². The second-order valence-corrected chi connectivity index (χ2v) is 3.17. The zero-order chi connectivity index (χ0) is 12.0. The maximum Gasteiger partial charge on any atom is 0.329 e. The third kappa shape index (κ3) is 4.01. The molecule has 0 saturated carbocycles. The van der Waals surface area contributed by atoms with Gasteiger partial charge in [0.25, 0.3) is 0 Å². The molecule has 0 amide bonds. The van der Waals surface area contributed by atoms with Gasteiger partial charge in [-0.15, -0.1) is 0 Å². The number of hydrogen-bond donors (Lipinski definition) is 2. The van der Waals surface area contributed by atoms with Crippen LogP contribution in [0.25, 0.3) is 0 Å². The molecule has 88 valence electrons. The van der Waals surface area contributed by atoms with Gasteiger partial charge in [0, 0.05) is 0 Å². The van der Waals surface area contributed by atoms with Crippen molar-refractivity contribution in [2.75, 3.05) is 6.61 Å². The molecule has 0 aromatic heterocycles. The number of halogens is 2. The molecule has 1 aromatic carbocycles. The highest BCUT2D eigenvalue weighted by Gasteiger charge is 2.06. The molecule has 0 saturated heterocycles. The number of nitrogens with two attached hydrogens (primary N) is 1. The molecule has 0 aliphatic heterocycles. The lowest BCUT2D eigenvalue weighted by molar-refractivity contribution is -0.151. The fourth-order valence-electron chi connectivity index (χ4n) is 0.953. The van der Waals surface area contributed by atoms with Crippen LogP contribution in [0.1, 0.15) is 6.42 Å². The van der Waals surface area contributed by atoms with Gasteiger partial charge < -0.3 is 9.57 Å². The zero-order valence-electron chi connectivity index (χ0n) is 8.20. The molecular weight excluding hydrogens is 239 g/mol. The van der Waals surface area contributed by atoms with Gasteiger partial charge in [-0.25, -0.2) is 10.2 Å². The number of benzene rings is 1. The first-order valence-electron chi connectivity index (χ1n) is 4.36. The molecule has 1 rings (SSSR count). The molecule has 3 N–H and O–H groups in total. The number of ether oxygens (including phenoxy) is 1. The van der Waals surface area contributed by atoms with Gasteiger partial charge >= 0.3 is 5.97 Å². The van der Waals surface area contributed by atoms with E-state index < -0.39 is 11.8 Å². The molecule has 0 fully saturated rings. The monoisotopic (exact) mass is 248 g/mol. The summed E-state index contributed by atoms with van der Waals surface area (Å²) < 4.78 is 17.8. The van der Waals surface area contributed by atoms with E-state index in [4.69, 9.17) is 22.2 Å². The Morgan fingerprint density at radius 2 is 2.31 bits per heavy atom. The topological polar surface area (TPSA) is 73.6 Å². The van der Waals surface area contributed by atoms with Crippen molar-refractivity contribution < 1.29 is 18.8 Å². The Kier molecular flexibility index (Phi) is 4.97. The summed E-state index contributed by atoms with van der Waals surface area (Å²) in [5, 5.41) is 0.144. The predicted octanol–water partition coefficient (Wildman–Crippen LogP) is 1.17. The number of carbonyl (C=O) groups excluding carboxylic acids is 1. The van der Waals surface area contributed by atoms with Gasteiger partial charge in [0.2, 0.25) is 0 Å². The lowest BCUT2D eigenvalue weighted by atomic mass is 10.3. The highest BCUT2D eigenvalue weighted by molar-refractivity contribution is 6.32. The van der Waals surface area contributed by atoms with Gasteiger partial charge in [-0.3, -0.25) is 4.79 Å². The van der Waals surface area contributed by atoms with Crippen LogP contribution in [-0.2, 0) is 9.63 Å². The molecule has 0 aliphatic carbocycles. The van der Waals surface area contributed by atoms with Crippen LogP contribution in [-0.4, -0.2) is 12.6 Å². The molecular formula is C9H10ClFN2O3. The first kappa shape index (κ1) is 12.7. The Hall–Kier alpha value is -1.37. The van der Waals surface area contributed by atoms with Crippen LogP contribution in [0.2, 0.25) is 5.02 Å². The van der Waals surface area contributed by atoms with Crippen molar-refractivity contribution >= 4 is 17.6 Å². The zero-order valence-corrected chi connectivity index (χ0v) is 8.96. The third-order valence-electron chi connectivity index (χ3n) is 1.63. The van der Waals surface area contributed by atoms with Crippen LogP contribution in [0.5, 0.6) is 5.75 Å². The van der Waals surface area contributed by atoms with Crippen LogP contribution in [0.4, 0.5) is 4.39 Å². The summed E-state index contributed by atoms with van der Waals surface area (Å²) >= 11 is 5.69. The Labute approximate surface area is 96.2 Å². The fraction of sp³-hybridized carbons (Fsp3) is 0.222. The van der Waals surface area contributed by atoms with E-state index in [0.717, 1.165) is 6.07 Å². The maximum atomic E-state index is 12.7. The van der Waals surface area contributed by atoms with Crippen LogP contribution >= 0.6 is 11.6 Å². The van der Waals surface area contributed by atoms with Gasteiger partial charge in [0.15, 0.2) is 0 Å². The van der Waals surface area contributed by atoms with Gasteiger partial charge in [0.1, 0.15) is 11.6 Å². The quantitative estimate of drug-likeness (QED) is 0.604. The summed E-state index contributed by atoms with van der Waals surface area (Å²) in [6.07, 6.45) is -0.00208. The van der Waals surface area contributed by atoms with Crippen molar-refractivity contribution in [2.24, 2.45) is 5.84 Å². The smallest absolute Gasteiger partial charge is 0.329 e. The number of rotatable bonds is 5. The van der Waals surface area contributed by atoms with Crippen LogP contribution in [0, 0.1) is 5.82 Å². The van der Waals surface area contributed by atoms with Crippen LogP contribution in [0.15, 0.2) is 18.2 Å². The molecule has 0 radical (unpaired) electrons.